The minimum Gasteiger partial charge on any atom is -0.366 e. The first-order valence-corrected chi connectivity index (χ1v) is 11.8. The van der Waals surface area contributed by atoms with E-state index in [1.165, 1.54) is 12.1 Å². The van der Waals surface area contributed by atoms with Gasteiger partial charge in [-0.1, -0.05) is 26.0 Å². The molecule has 3 atom stereocenters. The number of halogens is 1. The van der Waals surface area contributed by atoms with E-state index in [9.17, 15) is 14.0 Å². The van der Waals surface area contributed by atoms with Gasteiger partial charge in [-0.15, -0.1) is 0 Å². The summed E-state index contributed by atoms with van der Waals surface area (Å²) >= 11 is 0. The second-order valence-corrected chi connectivity index (χ2v) is 9.14. The minimum atomic E-state index is -0.608. The van der Waals surface area contributed by atoms with E-state index in [2.05, 4.69) is 25.9 Å². The van der Waals surface area contributed by atoms with Gasteiger partial charge in [0, 0.05) is 19.2 Å². The second kappa shape index (κ2) is 11.4. The summed E-state index contributed by atoms with van der Waals surface area (Å²) in [5.41, 5.74) is 1.71. The molecule has 0 unspecified atom stereocenters. The van der Waals surface area contributed by atoms with Crippen molar-refractivity contribution in [3.63, 3.8) is 0 Å². The Bertz CT molecular complexity index is 997. The largest absolute Gasteiger partial charge is 0.366 e. The minimum absolute atomic E-state index is 0.0539. The zero-order valence-electron chi connectivity index (χ0n) is 20.6. The number of likely N-dealkylation sites (tertiary alicyclic amines) is 1. The molecule has 0 bridgehead atoms. The molecule has 34 heavy (non-hydrogen) atoms. The molecule has 0 saturated carbocycles. The lowest BCUT2D eigenvalue weighted by atomic mass is 10.0. The first kappa shape index (κ1) is 25.6. The molecule has 9 heteroatoms. The van der Waals surface area contributed by atoms with E-state index in [4.69, 9.17) is 0 Å². The van der Waals surface area contributed by atoms with Crippen molar-refractivity contribution in [1.29, 1.82) is 0 Å². The van der Waals surface area contributed by atoms with Crippen LogP contribution in [0.15, 0.2) is 30.3 Å². The molecule has 1 saturated heterocycles. The summed E-state index contributed by atoms with van der Waals surface area (Å²) in [4.78, 5) is 36.9. The molecule has 1 aliphatic heterocycles. The molecular weight excluding hydrogens is 435 g/mol. The second-order valence-electron chi connectivity index (χ2n) is 9.14. The molecule has 0 aliphatic carbocycles. The van der Waals surface area contributed by atoms with Gasteiger partial charge in [-0.2, -0.15) is 0 Å². The van der Waals surface area contributed by atoms with Crippen molar-refractivity contribution < 1.29 is 14.0 Å². The number of anilines is 1. The number of nitrogens with one attached hydrogen (secondary N) is 3. The maximum atomic E-state index is 13.5. The van der Waals surface area contributed by atoms with Gasteiger partial charge in [-0.25, -0.2) is 14.4 Å². The SMILES string of the molecule is CN[C@@H](C)C(=O)N[C@H](C(=O)N1CCC[C@H]1c1cc(NCc2ccc(F)cc2)nc(C)n1)C(C)C. The number of amides is 2. The summed E-state index contributed by atoms with van der Waals surface area (Å²) in [5, 5.41) is 9.10. The average molecular weight is 471 g/mol. The van der Waals surface area contributed by atoms with E-state index >= 15 is 0 Å². The molecule has 0 spiro atoms. The third kappa shape index (κ3) is 6.28. The van der Waals surface area contributed by atoms with Crippen LogP contribution in [0, 0.1) is 18.7 Å². The van der Waals surface area contributed by atoms with Crippen LogP contribution >= 0.6 is 0 Å². The molecular formula is C25H35FN6O2. The molecule has 1 aromatic carbocycles. The normalized spacial score (nSPS) is 17.5. The quantitative estimate of drug-likeness (QED) is 0.521. The lowest BCUT2D eigenvalue weighted by Gasteiger charge is -2.31. The van der Waals surface area contributed by atoms with Crippen LogP contribution in [0.3, 0.4) is 0 Å². The Balaban J connectivity index is 1.76. The van der Waals surface area contributed by atoms with Crippen LogP contribution in [-0.2, 0) is 16.1 Å². The van der Waals surface area contributed by atoms with Gasteiger partial charge in [-0.3, -0.25) is 9.59 Å². The summed E-state index contributed by atoms with van der Waals surface area (Å²) in [6.07, 6.45) is 1.66. The summed E-state index contributed by atoms with van der Waals surface area (Å²) in [5.74, 6) is 0.646. The highest BCUT2D eigenvalue weighted by Crippen LogP contribution is 2.33. The van der Waals surface area contributed by atoms with E-state index in [-0.39, 0.29) is 35.6 Å². The van der Waals surface area contributed by atoms with Crippen molar-refractivity contribution in [2.24, 2.45) is 5.92 Å². The van der Waals surface area contributed by atoms with E-state index in [1.807, 2.05) is 31.7 Å². The van der Waals surface area contributed by atoms with Crippen molar-refractivity contribution in [3.05, 3.63) is 53.2 Å². The third-order valence-corrected chi connectivity index (χ3v) is 6.18. The van der Waals surface area contributed by atoms with Crippen LogP contribution in [-0.4, -0.2) is 52.4 Å². The average Bonchev–Trinajstić information content (AvgIpc) is 3.30. The Morgan fingerprint density at radius 3 is 2.53 bits per heavy atom. The number of aryl methyl sites for hydroxylation is 1. The van der Waals surface area contributed by atoms with Crippen LogP contribution in [0.2, 0.25) is 0 Å². The molecule has 3 N–H and O–H groups in total. The Morgan fingerprint density at radius 2 is 1.88 bits per heavy atom. The Morgan fingerprint density at radius 1 is 1.18 bits per heavy atom. The van der Waals surface area contributed by atoms with Gasteiger partial charge in [0.25, 0.3) is 0 Å². The summed E-state index contributed by atoms with van der Waals surface area (Å²) < 4.78 is 13.2. The van der Waals surface area contributed by atoms with Crippen molar-refractivity contribution in [2.75, 3.05) is 18.9 Å². The van der Waals surface area contributed by atoms with E-state index < -0.39 is 6.04 Å². The summed E-state index contributed by atoms with van der Waals surface area (Å²) in [7, 11) is 1.71. The van der Waals surface area contributed by atoms with Gasteiger partial charge >= 0.3 is 0 Å². The zero-order chi connectivity index (χ0) is 24.8. The molecule has 8 nitrogen and oxygen atoms in total. The topological polar surface area (TPSA) is 99.2 Å². The highest BCUT2D eigenvalue weighted by Gasteiger charge is 2.37. The summed E-state index contributed by atoms with van der Waals surface area (Å²) in [6, 6.07) is 7.01. The Kier molecular flexibility index (Phi) is 8.55. The van der Waals surface area contributed by atoms with Gasteiger partial charge in [0.1, 0.15) is 23.5 Å². The standard InChI is InChI=1S/C25H35FN6O2/c1-15(2)23(31-24(33)16(3)27-5)25(34)32-12-6-7-21(32)20-13-22(30-17(4)29-20)28-14-18-8-10-19(26)11-9-18/h8-11,13,15-16,21,23,27H,6-7,12,14H2,1-5H3,(H,31,33)(H,28,29,30)/t16-,21-,23-/m0/s1. The lowest BCUT2D eigenvalue weighted by molar-refractivity contribution is -0.139. The first-order chi connectivity index (χ1) is 16.2. The number of hydrogen-bond donors (Lipinski definition) is 3. The van der Waals surface area contributed by atoms with Crippen LogP contribution in [0.25, 0.3) is 0 Å². The van der Waals surface area contributed by atoms with E-state index in [1.54, 1.807) is 26.1 Å². The predicted octanol–water partition coefficient (Wildman–Crippen LogP) is 2.95. The monoisotopic (exact) mass is 470 g/mol. The van der Waals surface area contributed by atoms with Crippen LogP contribution < -0.4 is 16.0 Å². The van der Waals surface area contributed by atoms with Crippen molar-refractivity contribution >= 4 is 17.6 Å². The number of nitrogens with zero attached hydrogens (tertiary/aromatic N) is 3. The number of aromatic nitrogens is 2. The number of likely N-dealkylation sites (N-methyl/N-ethyl adjacent to an activating group) is 1. The highest BCUT2D eigenvalue weighted by atomic mass is 19.1. The number of carbonyl (C=O) groups is 2. The number of rotatable bonds is 9. The van der Waals surface area contributed by atoms with Gasteiger partial charge in [-0.05, 0) is 57.4 Å². The summed E-state index contributed by atoms with van der Waals surface area (Å²) in [6.45, 7) is 8.57. The molecule has 2 aromatic rings. The Labute approximate surface area is 200 Å². The van der Waals surface area contributed by atoms with E-state index in [0.717, 1.165) is 24.1 Å². The van der Waals surface area contributed by atoms with Crippen LogP contribution in [0.1, 0.15) is 56.7 Å². The van der Waals surface area contributed by atoms with Gasteiger partial charge in [0.2, 0.25) is 11.8 Å². The molecule has 1 aliphatic rings. The number of benzene rings is 1. The molecule has 184 valence electrons. The first-order valence-electron chi connectivity index (χ1n) is 11.8. The third-order valence-electron chi connectivity index (χ3n) is 6.18. The maximum Gasteiger partial charge on any atom is 0.245 e. The zero-order valence-corrected chi connectivity index (χ0v) is 20.6. The fourth-order valence-corrected chi connectivity index (χ4v) is 4.09. The molecule has 2 heterocycles. The lowest BCUT2D eigenvalue weighted by Crippen LogP contribution is -2.54. The van der Waals surface area contributed by atoms with E-state index in [0.29, 0.717) is 24.7 Å². The fraction of sp³-hybridized carbons (Fsp3) is 0.520. The molecule has 3 rings (SSSR count). The number of hydrogen-bond acceptors (Lipinski definition) is 6. The molecule has 2 amide bonds. The number of carbonyl (C=O) groups excluding carboxylic acids is 2. The van der Waals surface area contributed by atoms with Gasteiger partial charge in [0.15, 0.2) is 0 Å². The van der Waals surface area contributed by atoms with Crippen molar-refractivity contribution in [1.82, 2.24) is 25.5 Å². The molecule has 1 aromatic heterocycles. The van der Waals surface area contributed by atoms with Crippen molar-refractivity contribution in [2.45, 2.75) is 65.2 Å². The highest BCUT2D eigenvalue weighted by molar-refractivity contribution is 5.90. The van der Waals surface area contributed by atoms with Crippen LogP contribution in [0.5, 0.6) is 0 Å². The molecule has 1 fully saturated rings. The van der Waals surface area contributed by atoms with Crippen LogP contribution in [0.4, 0.5) is 10.2 Å². The maximum absolute atomic E-state index is 13.5. The smallest absolute Gasteiger partial charge is 0.245 e. The predicted molar refractivity (Wildman–Crippen MR) is 129 cm³/mol. The molecule has 0 radical (unpaired) electrons. The Hall–Kier alpha value is -3.07. The van der Waals surface area contributed by atoms with Crippen molar-refractivity contribution in [3.8, 4) is 0 Å². The van der Waals surface area contributed by atoms with Gasteiger partial charge in [0.05, 0.1) is 17.8 Å². The van der Waals surface area contributed by atoms with Gasteiger partial charge < -0.3 is 20.9 Å². The fourth-order valence-electron chi connectivity index (χ4n) is 4.09.